The van der Waals surface area contributed by atoms with E-state index in [4.69, 9.17) is 0 Å². The molecule has 114 valence electrons. The van der Waals surface area contributed by atoms with E-state index in [0.29, 0.717) is 21.3 Å². The van der Waals surface area contributed by atoms with E-state index in [0.717, 1.165) is 10.4 Å². The molecule has 7 heteroatoms. The van der Waals surface area contributed by atoms with Crippen LogP contribution in [0.1, 0.15) is 10.6 Å². The Morgan fingerprint density at radius 2 is 2.00 bits per heavy atom. The highest BCUT2D eigenvalue weighted by molar-refractivity contribution is 7.18. The number of pyridine rings is 1. The molecule has 3 aromatic heterocycles. The molecule has 6 nitrogen and oxygen atoms in total. The predicted octanol–water partition coefficient (Wildman–Crippen LogP) is 2.05. The van der Waals surface area contributed by atoms with Gasteiger partial charge in [0.1, 0.15) is 0 Å². The fourth-order valence-corrected chi connectivity index (χ4v) is 3.42. The number of hydrogen-bond donors (Lipinski definition) is 1. The number of fused-ring (bicyclic) bond motifs is 2. The summed E-state index contributed by atoms with van der Waals surface area (Å²) in [6.07, 6.45) is 0. The molecule has 0 aliphatic heterocycles. The van der Waals surface area contributed by atoms with E-state index in [9.17, 15) is 9.59 Å². The van der Waals surface area contributed by atoms with Crippen molar-refractivity contribution in [1.29, 1.82) is 0 Å². The Kier molecular flexibility index (Phi) is 3.09. The highest BCUT2D eigenvalue weighted by Crippen LogP contribution is 2.18. The number of thiophene rings is 1. The molecule has 0 amide bonds. The number of aromatic amines is 1. The fraction of sp³-hybridized carbons (Fsp3) is 0.125. The number of rotatable bonds is 2. The fourth-order valence-electron chi connectivity index (χ4n) is 2.61. The van der Waals surface area contributed by atoms with Crippen molar-refractivity contribution in [2.45, 2.75) is 13.5 Å². The summed E-state index contributed by atoms with van der Waals surface area (Å²) in [7, 11) is 0. The van der Waals surface area contributed by atoms with Gasteiger partial charge in [0.25, 0.3) is 5.56 Å². The molecule has 0 spiro atoms. The van der Waals surface area contributed by atoms with Crippen LogP contribution in [0.3, 0.4) is 0 Å². The van der Waals surface area contributed by atoms with Crippen LogP contribution in [-0.2, 0) is 6.54 Å². The van der Waals surface area contributed by atoms with Gasteiger partial charge in [-0.2, -0.15) is 0 Å². The molecule has 0 aliphatic rings. The maximum absolute atomic E-state index is 12.5. The van der Waals surface area contributed by atoms with Gasteiger partial charge in [0.15, 0.2) is 10.3 Å². The second kappa shape index (κ2) is 5.13. The molecular weight excluding hydrogens is 312 g/mol. The molecule has 0 radical (unpaired) electrons. The molecule has 4 aromatic rings. The van der Waals surface area contributed by atoms with Crippen LogP contribution in [-0.4, -0.2) is 20.0 Å². The van der Waals surface area contributed by atoms with E-state index in [1.54, 1.807) is 6.07 Å². The third-order valence-electron chi connectivity index (χ3n) is 3.66. The first-order chi connectivity index (χ1) is 11.1. The molecular formula is C16H12N4O2S. The van der Waals surface area contributed by atoms with Crippen LogP contribution in [0.25, 0.3) is 21.1 Å². The van der Waals surface area contributed by atoms with Gasteiger partial charge in [-0.15, -0.1) is 16.4 Å². The van der Waals surface area contributed by atoms with Gasteiger partial charge in [-0.3, -0.25) is 9.59 Å². The van der Waals surface area contributed by atoms with Gasteiger partial charge in [0, 0.05) is 27.5 Å². The molecule has 0 fully saturated rings. The van der Waals surface area contributed by atoms with Crippen molar-refractivity contribution in [2.75, 3.05) is 0 Å². The van der Waals surface area contributed by atoms with Crippen LogP contribution < -0.4 is 11.0 Å². The summed E-state index contributed by atoms with van der Waals surface area (Å²) < 4.78 is 1.27. The number of aryl methyl sites for hydroxylation is 1. The van der Waals surface area contributed by atoms with Crippen molar-refractivity contribution in [3.63, 3.8) is 0 Å². The number of para-hydroxylation sites is 1. The molecule has 0 bridgehead atoms. The Morgan fingerprint density at radius 1 is 1.17 bits per heavy atom. The minimum atomic E-state index is -0.201. The number of hydrogen-bond acceptors (Lipinski definition) is 5. The average molecular weight is 324 g/mol. The largest absolute Gasteiger partial charge is 0.357 e. The number of benzene rings is 1. The van der Waals surface area contributed by atoms with Crippen molar-refractivity contribution in [1.82, 2.24) is 20.0 Å². The lowest BCUT2D eigenvalue weighted by Gasteiger charge is -2.05. The van der Waals surface area contributed by atoms with Crippen LogP contribution in [0.2, 0.25) is 0 Å². The van der Waals surface area contributed by atoms with Gasteiger partial charge < -0.3 is 4.98 Å². The Bertz CT molecular complexity index is 1160. The van der Waals surface area contributed by atoms with E-state index in [1.807, 2.05) is 31.2 Å². The van der Waals surface area contributed by atoms with Crippen LogP contribution in [0.15, 0.2) is 46.0 Å². The molecule has 1 aromatic carbocycles. The first-order valence-electron chi connectivity index (χ1n) is 7.07. The summed E-state index contributed by atoms with van der Waals surface area (Å²) >= 11 is 1.44. The maximum atomic E-state index is 12.5. The normalized spacial score (nSPS) is 11.3. The molecule has 23 heavy (non-hydrogen) atoms. The predicted molar refractivity (Wildman–Crippen MR) is 90.1 cm³/mol. The molecule has 3 heterocycles. The van der Waals surface area contributed by atoms with Gasteiger partial charge in [-0.05, 0) is 25.1 Å². The highest BCUT2D eigenvalue weighted by Gasteiger charge is 2.10. The number of aromatic nitrogens is 4. The first-order valence-corrected chi connectivity index (χ1v) is 7.88. The Morgan fingerprint density at radius 3 is 2.87 bits per heavy atom. The van der Waals surface area contributed by atoms with Crippen molar-refractivity contribution < 1.29 is 0 Å². The molecule has 0 saturated heterocycles. The zero-order valence-electron chi connectivity index (χ0n) is 12.2. The lowest BCUT2D eigenvalue weighted by atomic mass is 10.2. The summed E-state index contributed by atoms with van der Waals surface area (Å²) in [5.41, 5.74) is 1.08. The van der Waals surface area contributed by atoms with Gasteiger partial charge in [-0.25, -0.2) is 4.68 Å². The number of H-pyrrole nitrogens is 1. The molecule has 4 rings (SSSR count). The summed E-state index contributed by atoms with van der Waals surface area (Å²) in [5.74, 6) is 0. The van der Waals surface area contributed by atoms with Crippen LogP contribution >= 0.6 is 11.3 Å². The van der Waals surface area contributed by atoms with E-state index >= 15 is 0 Å². The van der Waals surface area contributed by atoms with Gasteiger partial charge >= 0.3 is 0 Å². The molecule has 0 saturated carbocycles. The van der Waals surface area contributed by atoms with Crippen LogP contribution in [0.4, 0.5) is 0 Å². The van der Waals surface area contributed by atoms with Gasteiger partial charge in [0.05, 0.1) is 11.9 Å². The Hall–Kier alpha value is -2.80. The van der Waals surface area contributed by atoms with Crippen LogP contribution in [0, 0.1) is 6.92 Å². The topological polar surface area (TPSA) is 80.6 Å². The van der Waals surface area contributed by atoms with Crippen molar-refractivity contribution in [2.24, 2.45) is 0 Å². The molecule has 1 N–H and O–H groups in total. The third-order valence-corrected chi connectivity index (χ3v) is 4.59. The highest BCUT2D eigenvalue weighted by atomic mass is 32.1. The van der Waals surface area contributed by atoms with E-state index in [1.165, 1.54) is 22.1 Å². The molecule has 0 unspecified atom stereocenters. The zero-order valence-corrected chi connectivity index (χ0v) is 13.1. The average Bonchev–Trinajstić information content (AvgIpc) is 2.92. The van der Waals surface area contributed by atoms with Crippen LogP contribution in [0.5, 0.6) is 0 Å². The lowest BCUT2D eigenvalue weighted by Crippen LogP contribution is -2.25. The summed E-state index contributed by atoms with van der Waals surface area (Å²) in [6.45, 7) is 2.10. The molecule has 0 atom stereocenters. The monoisotopic (exact) mass is 324 g/mol. The second-order valence-corrected chi connectivity index (χ2v) is 6.57. The third kappa shape index (κ3) is 2.35. The maximum Gasteiger partial charge on any atom is 0.278 e. The number of nitrogens with zero attached hydrogens (tertiary/aromatic N) is 3. The Labute approximate surface area is 134 Å². The SMILES string of the molecule is Cc1cc2c(=O)n(Cc3cc(=O)c4ccccc4[nH]3)nnc2s1. The lowest BCUT2D eigenvalue weighted by molar-refractivity contribution is 0.594. The Balaban J connectivity index is 1.83. The smallest absolute Gasteiger partial charge is 0.278 e. The summed E-state index contributed by atoms with van der Waals surface area (Å²) in [6, 6.07) is 10.6. The van der Waals surface area contributed by atoms with Crippen molar-refractivity contribution in [3.05, 3.63) is 67.5 Å². The standard InChI is InChI=1S/C16H12N4O2S/c1-9-6-12-15(23-9)18-19-20(16(12)22)8-10-7-14(21)11-4-2-3-5-13(11)17-10/h2-7H,8H2,1H3,(H,17,21). The summed E-state index contributed by atoms with van der Waals surface area (Å²) in [5, 5.41) is 9.23. The summed E-state index contributed by atoms with van der Waals surface area (Å²) in [4.78, 5) is 29.4. The quantitative estimate of drug-likeness (QED) is 0.612. The minimum Gasteiger partial charge on any atom is -0.357 e. The van der Waals surface area contributed by atoms with Crippen molar-refractivity contribution >= 4 is 32.5 Å². The van der Waals surface area contributed by atoms with E-state index in [-0.39, 0.29) is 17.5 Å². The molecule has 0 aliphatic carbocycles. The first kappa shape index (κ1) is 13.8. The zero-order chi connectivity index (χ0) is 16.0. The van der Waals surface area contributed by atoms with Gasteiger partial charge in [0.2, 0.25) is 0 Å². The number of nitrogens with one attached hydrogen (secondary N) is 1. The van der Waals surface area contributed by atoms with Gasteiger partial charge in [-0.1, -0.05) is 17.3 Å². The van der Waals surface area contributed by atoms with Crippen molar-refractivity contribution in [3.8, 4) is 0 Å². The minimum absolute atomic E-state index is 0.0807. The second-order valence-electron chi connectivity index (χ2n) is 5.33. The van der Waals surface area contributed by atoms with E-state index < -0.39 is 0 Å². The van der Waals surface area contributed by atoms with E-state index in [2.05, 4.69) is 15.3 Å².